The van der Waals surface area contributed by atoms with Crippen molar-refractivity contribution in [2.45, 2.75) is 58.2 Å². The quantitative estimate of drug-likeness (QED) is 0.482. The lowest BCUT2D eigenvalue weighted by Gasteiger charge is -2.18. The third kappa shape index (κ3) is 6.09. The highest BCUT2D eigenvalue weighted by Gasteiger charge is 2.16. The molecule has 2 atom stereocenters. The maximum Gasteiger partial charge on any atom is 0.306 e. The van der Waals surface area contributed by atoms with Crippen LogP contribution in [0.3, 0.4) is 0 Å². The van der Waals surface area contributed by atoms with E-state index in [0.29, 0.717) is 32.1 Å². The van der Waals surface area contributed by atoms with E-state index in [1.54, 1.807) is 0 Å². The van der Waals surface area contributed by atoms with Gasteiger partial charge in [-0.1, -0.05) is 12.2 Å². The van der Waals surface area contributed by atoms with Gasteiger partial charge in [-0.3, -0.25) is 9.59 Å². The third-order valence-corrected chi connectivity index (χ3v) is 2.53. The van der Waals surface area contributed by atoms with E-state index in [1.807, 2.05) is 26.0 Å². The lowest BCUT2D eigenvalue weighted by molar-refractivity contribution is -0.153. The standard InChI is InChI=1S/C13H20O4/c1-10-9-11(2)17-13(15)8-6-4-3-5-7-12(14)16-10/h3-4,10-11H,5-9H2,1-2H3/b4-3+/t10-,11-/m1/s1. The summed E-state index contributed by atoms with van der Waals surface area (Å²) in [4.78, 5) is 22.8. The minimum Gasteiger partial charge on any atom is -0.463 e. The normalized spacial score (nSPS) is 30.2. The smallest absolute Gasteiger partial charge is 0.306 e. The Labute approximate surface area is 102 Å². The second kappa shape index (κ2) is 7.09. The molecule has 0 fully saturated rings. The van der Waals surface area contributed by atoms with Crippen molar-refractivity contribution in [1.82, 2.24) is 0 Å². The number of allylic oxidation sites excluding steroid dienone is 2. The lowest BCUT2D eigenvalue weighted by atomic mass is 10.2. The van der Waals surface area contributed by atoms with Gasteiger partial charge < -0.3 is 9.47 Å². The van der Waals surface area contributed by atoms with Gasteiger partial charge in [0.25, 0.3) is 0 Å². The Bertz CT molecular complexity index is 268. The second-order valence-electron chi connectivity index (χ2n) is 4.39. The summed E-state index contributed by atoms with van der Waals surface area (Å²) in [7, 11) is 0. The van der Waals surface area contributed by atoms with E-state index in [4.69, 9.17) is 9.47 Å². The van der Waals surface area contributed by atoms with E-state index in [2.05, 4.69) is 0 Å². The zero-order chi connectivity index (χ0) is 12.7. The number of carbonyl (C=O) groups excluding carboxylic acids is 2. The molecule has 0 radical (unpaired) electrons. The first kappa shape index (κ1) is 13.7. The molecule has 0 amide bonds. The Morgan fingerprint density at radius 3 is 1.76 bits per heavy atom. The number of rotatable bonds is 0. The highest BCUT2D eigenvalue weighted by atomic mass is 16.6. The molecule has 1 rings (SSSR count). The molecular formula is C13H20O4. The van der Waals surface area contributed by atoms with Gasteiger partial charge in [-0.15, -0.1) is 0 Å². The van der Waals surface area contributed by atoms with Crippen LogP contribution in [0.4, 0.5) is 0 Å². The summed E-state index contributed by atoms with van der Waals surface area (Å²) in [6, 6.07) is 0. The van der Waals surface area contributed by atoms with Crippen molar-refractivity contribution in [2.75, 3.05) is 0 Å². The Morgan fingerprint density at radius 2 is 1.35 bits per heavy atom. The first-order valence-electron chi connectivity index (χ1n) is 6.12. The Balaban J connectivity index is 2.55. The number of ether oxygens (including phenoxy) is 2. The molecule has 0 aromatic heterocycles. The Morgan fingerprint density at radius 1 is 0.941 bits per heavy atom. The number of hydrogen-bond donors (Lipinski definition) is 0. The molecule has 96 valence electrons. The summed E-state index contributed by atoms with van der Waals surface area (Å²) in [6.07, 6.45) is 6.04. The van der Waals surface area contributed by atoms with Crippen LogP contribution < -0.4 is 0 Å². The van der Waals surface area contributed by atoms with E-state index in [9.17, 15) is 9.59 Å². The molecule has 0 aromatic rings. The average molecular weight is 240 g/mol. The topological polar surface area (TPSA) is 52.6 Å². The summed E-state index contributed by atoms with van der Waals surface area (Å²) in [5, 5.41) is 0. The van der Waals surface area contributed by atoms with Crippen LogP contribution in [0.1, 0.15) is 46.0 Å². The molecule has 1 aliphatic heterocycles. The number of hydrogen-bond acceptors (Lipinski definition) is 4. The van der Waals surface area contributed by atoms with E-state index in [1.165, 1.54) is 0 Å². The molecule has 0 N–H and O–H groups in total. The molecule has 17 heavy (non-hydrogen) atoms. The first-order valence-corrected chi connectivity index (χ1v) is 6.12. The van der Waals surface area contributed by atoms with Crippen LogP contribution in [0.25, 0.3) is 0 Å². The van der Waals surface area contributed by atoms with Crippen molar-refractivity contribution in [3.05, 3.63) is 12.2 Å². The van der Waals surface area contributed by atoms with Gasteiger partial charge in [0.05, 0.1) is 0 Å². The zero-order valence-electron chi connectivity index (χ0n) is 10.5. The minimum absolute atomic E-state index is 0.195. The molecule has 4 heteroatoms. The fourth-order valence-corrected chi connectivity index (χ4v) is 1.77. The van der Waals surface area contributed by atoms with Crippen molar-refractivity contribution in [2.24, 2.45) is 0 Å². The van der Waals surface area contributed by atoms with Gasteiger partial charge in [-0.25, -0.2) is 0 Å². The molecule has 0 aromatic carbocycles. The molecule has 1 heterocycles. The molecule has 0 unspecified atom stereocenters. The van der Waals surface area contributed by atoms with Crippen LogP contribution >= 0.6 is 0 Å². The fraction of sp³-hybridized carbons (Fsp3) is 0.692. The predicted molar refractivity (Wildman–Crippen MR) is 63.3 cm³/mol. The highest BCUT2D eigenvalue weighted by molar-refractivity contribution is 5.70. The van der Waals surface area contributed by atoms with Crippen LogP contribution in [0, 0.1) is 0 Å². The summed E-state index contributed by atoms with van der Waals surface area (Å²) < 4.78 is 10.4. The summed E-state index contributed by atoms with van der Waals surface area (Å²) in [5.41, 5.74) is 0. The van der Waals surface area contributed by atoms with Gasteiger partial charge in [0, 0.05) is 19.3 Å². The fourth-order valence-electron chi connectivity index (χ4n) is 1.77. The lowest BCUT2D eigenvalue weighted by Crippen LogP contribution is -2.23. The van der Waals surface area contributed by atoms with Gasteiger partial charge in [-0.2, -0.15) is 0 Å². The minimum atomic E-state index is -0.213. The molecule has 0 spiro atoms. The number of cyclic esters (lactones) is 2. The summed E-state index contributed by atoms with van der Waals surface area (Å²) in [5.74, 6) is -0.389. The first-order chi connectivity index (χ1) is 8.08. The molecule has 0 bridgehead atoms. The monoisotopic (exact) mass is 240 g/mol. The molecule has 0 saturated heterocycles. The molecule has 4 nitrogen and oxygen atoms in total. The number of carbonyl (C=O) groups is 2. The molecular weight excluding hydrogens is 220 g/mol. The predicted octanol–water partition coefficient (Wildman–Crippen LogP) is 2.37. The molecule has 1 aliphatic rings. The van der Waals surface area contributed by atoms with E-state index in [-0.39, 0.29) is 24.1 Å². The second-order valence-corrected chi connectivity index (χ2v) is 4.39. The van der Waals surface area contributed by atoms with Gasteiger partial charge in [-0.05, 0) is 26.7 Å². The van der Waals surface area contributed by atoms with Crippen LogP contribution in [-0.2, 0) is 19.1 Å². The van der Waals surface area contributed by atoms with Gasteiger partial charge in [0.1, 0.15) is 12.2 Å². The average Bonchev–Trinajstić information content (AvgIpc) is 2.21. The van der Waals surface area contributed by atoms with Crippen molar-refractivity contribution < 1.29 is 19.1 Å². The Hall–Kier alpha value is -1.32. The van der Waals surface area contributed by atoms with Crippen molar-refractivity contribution in [1.29, 1.82) is 0 Å². The van der Waals surface area contributed by atoms with Crippen molar-refractivity contribution in [3.63, 3.8) is 0 Å². The van der Waals surface area contributed by atoms with Gasteiger partial charge in [0.15, 0.2) is 0 Å². The zero-order valence-corrected chi connectivity index (χ0v) is 10.5. The van der Waals surface area contributed by atoms with Gasteiger partial charge in [0.2, 0.25) is 0 Å². The maximum absolute atomic E-state index is 11.4. The van der Waals surface area contributed by atoms with E-state index >= 15 is 0 Å². The van der Waals surface area contributed by atoms with Crippen LogP contribution in [-0.4, -0.2) is 24.1 Å². The van der Waals surface area contributed by atoms with Crippen LogP contribution in [0.5, 0.6) is 0 Å². The largest absolute Gasteiger partial charge is 0.463 e. The SMILES string of the molecule is C[C@@H]1C[C@@H](C)OC(=O)CC/C=C/CCC(=O)O1. The Kier molecular flexibility index (Phi) is 5.73. The van der Waals surface area contributed by atoms with E-state index in [0.717, 1.165) is 0 Å². The van der Waals surface area contributed by atoms with Crippen molar-refractivity contribution >= 4 is 11.9 Å². The number of esters is 2. The van der Waals surface area contributed by atoms with Crippen LogP contribution in [0.2, 0.25) is 0 Å². The molecule has 0 aliphatic carbocycles. The van der Waals surface area contributed by atoms with Crippen LogP contribution in [0.15, 0.2) is 12.2 Å². The van der Waals surface area contributed by atoms with E-state index < -0.39 is 0 Å². The van der Waals surface area contributed by atoms with Crippen molar-refractivity contribution in [3.8, 4) is 0 Å². The third-order valence-electron chi connectivity index (χ3n) is 2.53. The maximum atomic E-state index is 11.4. The summed E-state index contributed by atoms with van der Waals surface area (Å²) in [6.45, 7) is 3.63. The van der Waals surface area contributed by atoms with Gasteiger partial charge >= 0.3 is 11.9 Å². The highest BCUT2D eigenvalue weighted by Crippen LogP contribution is 2.10. The summed E-state index contributed by atoms with van der Waals surface area (Å²) >= 11 is 0. The molecule has 0 saturated carbocycles.